The Balaban J connectivity index is 2.36. The number of nitrogens with one attached hydrogen (secondary N) is 1. The van der Waals surface area contributed by atoms with Gasteiger partial charge in [0.05, 0.1) is 0 Å². The topological polar surface area (TPSA) is 12.0 Å². The third-order valence-electron chi connectivity index (χ3n) is 3.98. The van der Waals surface area contributed by atoms with Crippen molar-refractivity contribution < 1.29 is 0 Å². The lowest BCUT2D eigenvalue weighted by atomic mass is 9.96. The number of hydrogen-bond donors (Lipinski definition) is 1. The molecular formula is C18H23N. The first-order chi connectivity index (χ1) is 9.13. The Hall–Kier alpha value is -1.76. The van der Waals surface area contributed by atoms with E-state index in [1.165, 1.54) is 28.1 Å². The first kappa shape index (κ1) is 13.7. The van der Waals surface area contributed by atoms with Gasteiger partial charge >= 0.3 is 0 Å². The molecule has 0 amide bonds. The van der Waals surface area contributed by atoms with Crippen molar-refractivity contribution >= 4 is 11.4 Å². The molecule has 0 aliphatic heterocycles. The lowest BCUT2D eigenvalue weighted by Crippen LogP contribution is -2.01. The molecule has 1 unspecified atom stereocenters. The highest BCUT2D eigenvalue weighted by Gasteiger charge is 2.09. The monoisotopic (exact) mass is 253 g/mol. The van der Waals surface area contributed by atoms with Crippen molar-refractivity contribution in [3.8, 4) is 0 Å². The molecule has 0 saturated heterocycles. The van der Waals surface area contributed by atoms with Crippen molar-refractivity contribution in [1.82, 2.24) is 0 Å². The zero-order valence-corrected chi connectivity index (χ0v) is 12.3. The van der Waals surface area contributed by atoms with Crippen LogP contribution < -0.4 is 5.32 Å². The molecule has 0 spiro atoms. The number of anilines is 2. The first-order valence-electron chi connectivity index (χ1n) is 7.05. The minimum Gasteiger partial charge on any atom is -0.355 e. The number of hydrogen-bond acceptors (Lipinski definition) is 1. The van der Waals surface area contributed by atoms with Gasteiger partial charge in [0.25, 0.3) is 0 Å². The molecule has 100 valence electrons. The molecule has 0 aromatic heterocycles. The van der Waals surface area contributed by atoms with E-state index in [0.29, 0.717) is 5.92 Å². The molecule has 1 N–H and O–H groups in total. The van der Waals surface area contributed by atoms with Crippen molar-refractivity contribution in [2.24, 2.45) is 0 Å². The van der Waals surface area contributed by atoms with Crippen LogP contribution in [0.2, 0.25) is 0 Å². The average molecular weight is 253 g/mol. The first-order valence-corrected chi connectivity index (χ1v) is 7.05. The summed E-state index contributed by atoms with van der Waals surface area (Å²) in [7, 11) is 0. The molecule has 0 radical (unpaired) electrons. The van der Waals surface area contributed by atoms with Crippen LogP contribution >= 0.6 is 0 Å². The van der Waals surface area contributed by atoms with E-state index in [0.717, 1.165) is 6.42 Å². The molecule has 0 aliphatic carbocycles. The third kappa shape index (κ3) is 2.98. The van der Waals surface area contributed by atoms with E-state index in [9.17, 15) is 0 Å². The Kier molecular flexibility index (Phi) is 4.26. The Morgan fingerprint density at radius 1 is 0.947 bits per heavy atom. The molecule has 1 heteroatoms. The number of para-hydroxylation sites is 1. The summed E-state index contributed by atoms with van der Waals surface area (Å²) >= 11 is 0. The summed E-state index contributed by atoms with van der Waals surface area (Å²) in [5.41, 5.74) is 6.47. The van der Waals surface area contributed by atoms with Gasteiger partial charge in [0.2, 0.25) is 0 Å². The van der Waals surface area contributed by atoms with Crippen molar-refractivity contribution in [3.63, 3.8) is 0 Å². The van der Waals surface area contributed by atoms with Crippen LogP contribution in [0.1, 0.15) is 42.9 Å². The Bertz CT molecular complexity index is 557. The highest BCUT2D eigenvalue weighted by atomic mass is 14.9. The highest BCUT2D eigenvalue weighted by molar-refractivity contribution is 5.67. The summed E-state index contributed by atoms with van der Waals surface area (Å²) < 4.78 is 0. The predicted octanol–water partition coefficient (Wildman–Crippen LogP) is 5.56. The van der Waals surface area contributed by atoms with Crippen molar-refractivity contribution in [2.45, 2.75) is 40.0 Å². The molecule has 1 nitrogen and oxygen atoms in total. The van der Waals surface area contributed by atoms with E-state index in [1.807, 2.05) is 0 Å². The van der Waals surface area contributed by atoms with Crippen LogP contribution in [0.15, 0.2) is 42.5 Å². The number of aryl methyl sites for hydroxylation is 1. The lowest BCUT2D eigenvalue weighted by molar-refractivity contribution is 0.735. The minimum atomic E-state index is 0.578. The molecule has 2 aromatic carbocycles. The molecular weight excluding hydrogens is 230 g/mol. The van der Waals surface area contributed by atoms with Gasteiger partial charge in [0.15, 0.2) is 0 Å². The maximum atomic E-state index is 3.60. The molecule has 0 aliphatic rings. The van der Waals surface area contributed by atoms with Crippen LogP contribution in [-0.4, -0.2) is 0 Å². The Morgan fingerprint density at radius 2 is 1.63 bits per heavy atom. The largest absolute Gasteiger partial charge is 0.355 e. The SMILES string of the molecule is CCC(C)c1ccccc1Nc1cccc(C)c1C. The van der Waals surface area contributed by atoms with Crippen LogP contribution in [0.5, 0.6) is 0 Å². The van der Waals surface area contributed by atoms with E-state index in [-0.39, 0.29) is 0 Å². The fourth-order valence-corrected chi connectivity index (χ4v) is 2.29. The van der Waals surface area contributed by atoms with E-state index in [4.69, 9.17) is 0 Å². The second kappa shape index (κ2) is 5.92. The summed E-state index contributed by atoms with van der Waals surface area (Å²) in [6, 6.07) is 15.0. The summed E-state index contributed by atoms with van der Waals surface area (Å²) in [6.45, 7) is 8.84. The van der Waals surface area contributed by atoms with E-state index in [2.05, 4.69) is 75.5 Å². The van der Waals surface area contributed by atoms with Gasteiger partial charge in [-0.2, -0.15) is 0 Å². The third-order valence-corrected chi connectivity index (χ3v) is 3.98. The van der Waals surface area contributed by atoms with E-state index >= 15 is 0 Å². The maximum Gasteiger partial charge on any atom is 0.0419 e. The van der Waals surface area contributed by atoms with Crippen molar-refractivity contribution in [2.75, 3.05) is 5.32 Å². The predicted molar refractivity (Wildman–Crippen MR) is 84.3 cm³/mol. The Morgan fingerprint density at radius 3 is 2.37 bits per heavy atom. The molecule has 2 aromatic rings. The zero-order chi connectivity index (χ0) is 13.8. The molecule has 0 bridgehead atoms. The van der Waals surface area contributed by atoms with Gasteiger partial charge in [0.1, 0.15) is 0 Å². The fourth-order valence-electron chi connectivity index (χ4n) is 2.29. The standard InChI is InChI=1S/C18H23N/c1-5-13(2)16-10-6-7-11-18(16)19-17-12-8-9-14(3)15(17)4/h6-13,19H,5H2,1-4H3. The summed E-state index contributed by atoms with van der Waals surface area (Å²) in [6.07, 6.45) is 1.16. The van der Waals surface area contributed by atoms with E-state index < -0.39 is 0 Å². The average Bonchev–Trinajstić information content (AvgIpc) is 2.43. The molecule has 2 rings (SSSR count). The van der Waals surface area contributed by atoms with Gasteiger partial charge < -0.3 is 5.32 Å². The van der Waals surface area contributed by atoms with Crippen molar-refractivity contribution in [3.05, 3.63) is 59.2 Å². The summed E-state index contributed by atoms with van der Waals surface area (Å²) in [5, 5.41) is 3.60. The van der Waals surface area contributed by atoms with E-state index in [1.54, 1.807) is 0 Å². The lowest BCUT2D eigenvalue weighted by Gasteiger charge is -2.18. The highest BCUT2D eigenvalue weighted by Crippen LogP contribution is 2.30. The smallest absolute Gasteiger partial charge is 0.0419 e. The zero-order valence-electron chi connectivity index (χ0n) is 12.3. The summed E-state index contributed by atoms with van der Waals surface area (Å²) in [4.78, 5) is 0. The van der Waals surface area contributed by atoms with Crippen LogP contribution in [0.25, 0.3) is 0 Å². The van der Waals surface area contributed by atoms with Crippen LogP contribution in [0, 0.1) is 13.8 Å². The van der Waals surface area contributed by atoms with Gasteiger partial charge in [-0.25, -0.2) is 0 Å². The number of rotatable bonds is 4. The maximum absolute atomic E-state index is 3.60. The normalized spacial score (nSPS) is 12.2. The van der Waals surface area contributed by atoms with Crippen LogP contribution in [0.4, 0.5) is 11.4 Å². The fraction of sp³-hybridized carbons (Fsp3) is 0.333. The summed E-state index contributed by atoms with van der Waals surface area (Å²) in [5.74, 6) is 0.578. The number of benzene rings is 2. The van der Waals surface area contributed by atoms with Crippen molar-refractivity contribution in [1.29, 1.82) is 0 Å². The molecule has 0 heterocycles. The van der Waals surface area contributed by atoms with Crippen LogP contribution in [-0.2, 0) is 0 Å². The minimum absolute atomic E-state index is 0.578. The van der Waals surface area contributed by atoms with Gasteiger partial charge in [-0.15, -0.1) is 0 Å². The molecule has 0 fully saturated rings. The van der Waals surface area contributed by atoms with Crippen LogP contribution in [0.3, 0.4) is 0 Å². The van der Waals surface area contributed by atoms with Gasteiger partial charge in [0, 0.05) is 11.4 Å². The Labute approximate surface area is 116 Å². The molecule has 1 atom stereocenters. The van der Waals surface area contributed by atoms with Gasteiger partial charge in [-0.1, -0.05) is 44.2 Å². The second-order valence-electron chi connectivity index (χ2n) is 5.27. The quantitative estimate of drug-likeness (QED) is 0.752. The molecule has 0 saturated carbocycles. The van der Waals surface area contributed by atoms with Gasteiger partial charge in [-0.05, 0) is 55.0 Å². The van der Waals surface area contributed by atoms with Gasteiger partial charge in [-0.3, -0.25) is 0 Å². The molecule has 19 heavy (non-hydrogen) atoms. The second-order valence-corrected chi connectivity index (χ2v) is 5.27.